The van der Waals surface area contributed by atoms with Gasteiger partial charge in [0.1, 0.15) is 0 Å². The number of rotatable bonds is 10. The molecule has 0 aromatic rings. The zero-order valence-corrected chi connectivity index (χ0v) is 14.1. The average molecular weight is 283 g/mol. The zero-order chi connectivity index (χ0) is 15.6. The maximum absolute atomic E-state index is 11.9. The highest BCUT2D eigenvalue weighted by atomic mass is 16.2. The van der Waals surface area contributed by atoms with Crippen LogP contribution in [0.4, 0.5) is 0 Å². The minimum Gasteiger partial charge on any atom is -0.277 e. The summed E-state index contributed by atoms with van der Waals surface area (Å²) in [5.41, 5.74) is -0.305. The van der Waals surface area contributed by atoms with E-state index in [1.165, 1.54) is 38.0 Å². The van der Waals surface area contributed by atoms with Crippen LogP contribution in [0.1, 0.15) is 92.4 Å². The van der Waals surface area contributed by atoms with Crippen LogP contribution in [0.15, 0.2) is 0 Å². The summed E-state index contributed by atoms with van der Waals surface area (Å²) < 4.78 is 0. The van der Waals surface area contributed by atoms with E-state index in [1.54, 1.807) is 0 Å². The highest BCUT2D eigenvalue weighted by Gasteiger charge is 2.35. The second-order valence-corrected chi connectivity index (χ2v) is 6.14. The summed E-state index contributed by atoms with van der Waals surface area (Å²) in [5, 5.41) is 0. The van der Waals surface area contributed by atoms with Gasteiger partial charge in [0.05, 0.1) is 0 Å². The minimum atomic E-state index is -0.305. The second kappa shape index (κ2) is 9.95. The van der Waals surface area contributed by atoms with E-state index in [4.69, 9.17) is 0 Å². The van der Waals surface area contributed by atoms with Gasteiger partial charge in [-0.1, -0.05) is 58.8 Å². The Balaban J connectivity index is 4.81. The van der Waals surface area contributed by atoms with Crippen molar-refractivity contribution in [3.8, 4) is 0 Å². The molecule has 0 aliphatic heterocycles. The monoisotopic (exact) mass is 283 g/mol. The molecule has 0 N–H and O–H groups in total. The molecule has 0 radical (unpaired) electrons. The van der Waals surface area contributed by atoms with Crippen LogP contribution in [0.5, 0.6) is 0 Å². The van der Waals surface area contributed by atoms with E-state index in [-0.39, 0.29) is 17.4 Å². The first-order valence-corrected chi connectivity index (χ1v) is 8.20. The Kier molecular flexibility index (Phi) is 9.52. The third-order valence-corrected chi connectivity index (χ3v) is 4.06. The van der Waals surface area contributed by atoms with Gasteiger partial charge in [-0.25, -0.2) is 0 Å². The van der Waals surface area contributed by atoms with E-state index in [1.807, 2.05) is 0 Å². The number of hydrogen-bond donors (Lipinski definition) is 0. The fourth-order valence-corrected chi connectivity index (χ4v) is 3.02. The number of imide groups is 1. The van der Waals surface area contributed by atoms with Gasteiger partial charge in [0.15, 0.2) is 0 Å². The van der Waals surface area contributed by atoms with Crippen LogP contribution in [-0.2, 0) is 9.59 Å². The molecule has 3 nitrogen and oxygen atoms in total. The summed E-state index contributed by atoms with van der Waals surface area (Å²) in [6, 6.07) is 0. The van der Waals surface area contributed by atoms with Crippen molar-refractivity contribution in [3.05, 3.63) is 0 Å². The summed E-state index contributed by atoms with van der Waals surface area (Å²) in [4.78, 5) is 25.2. The maximum Gasteiger partial charge on any atom is 0.226 e. The molecule has 0 aliphatic carbocycles. The quantitative estimate of drug-likeness (QED) is 0.545. The van der Waals surface area contributed by atoms with Gasteiger partial charge >= 0.3 is 0 Å². The van der Waals surface area contributed by atoms with Gasteiger partial charge in [-0.05, 0) is 19.8 Å². The van der Waals surface area contributed by atoms with Crippen molar-refractivity contribution in [2.24, 2.45) is 0 Å². The lowest BCUT2D eigenvalue weighted by molar-refractivity contribution is -0.149. The molecule has 0 aromatic heterocycles. The molecule has 0 saturated heterocycles. The van der Waals surface area contributed by atoms with Gasteiger partial charge in [0.2, 0.25) is 11.8 Å². The molecule has 0 aromatic carbocycles. The van der Waals surface area contributed by atoms with Crippen LogP contribution >= 0.6 is 0 Å². The highest BCUT2D eigenvalue weighted by molar-refractivity contribution is 5.93. The Morgan fingerprint density at radius 2 is 1.20 bits per heavy atom. The summed E-state index contributed by atoms with van der Waals surface area (Å²) >= 11 is 0. The van der Waals surface area contributed by atoms with Crippen molar-refractivity contribution in [1.82, 2.24) is 4.90 Å². The van der Waals surface area contributed by atoms with Crippen molar-refractivity contribution < 1.29 is 9.59 Å². The van der Waals surface area contributed by atoms with Crippen molar-refractivity contribution in [1.29, 1.82) is 0 Å². The number of carbonyl (C=O) groups is 2. The molecule has 3 heteroatoms. The average Bonchev–Trinajstić information content (AvgIpc) is 2.34. The molecule has 0 rings (SSSR count). The zero-order valence-electron chi connectivity index (χ0n) is 14.1. The van der Waals surface area contributed by atoms with E-state index in [0.717, 1.165) is 38.5 Å². The highest BCUT2D eigenvalue weighted by Crippen LogP contribution is 2.29. The van der Waals surface area contributed by atoms with Crippen molar-refractivity contribution >= 4 is 11.8 Å². The second-order valence-electron chi connectivity index (χ2n) is 6.14. The van der Waals surface area contributed by atoms with Gasteiger partial charge in [-0.15, -0.1) is 0 Å². The predicted octanol–water partition coefficient (Wildman–Crippen LogP) is 4.69. The van der Waals surface area contributed by atoms with E-state index in [0.29, 0.717) is 0 Å². The van der Waals surface area contributed by atoms with Crippen LogP contribution in [0.3, 0.4) is 0 Å². The molecule has 0 fully saturated rings. The SMILES string of the molecule is CCCCCCC(C)(CCCCC)N(C(C)=O)C(C)=O. The fourth-order valence-electron chi connectivity index (χ4n) is 3.02. The maximum atomic E-state index is 11.9. The molecule has 20 heavy (non-hydrogen) atoms. The van der Waals surface area contributed by atoms with Crippen LogP contribution in [0.2, 0.25) is 0 Å². The summed E-state index contributed by atoms with van der Waals surface area (Å²) in [6.45, 7) is 9.46. The van der Waals surface area contributed by atoms with Crippen LogP contribution in [0, 0.1) is 0 Å². The first-order valence-electron chi connectivity index (χ1n) is 8.20. The molecule has 1 atom stereocenters. The van der Waals surface area contributed by atoms with E-state index in [9.17, 15) is 9.59 Å². The van der Waals surface area contributed by atoms with Gasteiger partial charge < -0.3 is 0 Å². The molecule has 0 spiro atoms. The summed E-state index contributed by atoms with van der Waals surface area (Å²) in [5.74, 6) is -0.237. The molecule has 0 heterocycles. The Bertz CT molecular complexity index is 287. The summed E-state index contributed by atoms with van der Waals surface area (Å²) in [6.07, 6.45) is 9.96. The minimum absolute atomic E-state index is 0.119. The van der Waals surface area contributed by atoms with Gasteiger partial charge in [0, 0.05) is 19.4 Å². The van der Waals surface area contributed by atoms with Crippen LogP contribution in [-0.4, -0.2) is 22.3 Å². The van der Waals surface area contributed by atoms with Crippen molar-refractivity contribution in [3.63, 3.8) is 0 Å². The largest absolute Gasteiger partial charge is 0.277 e. The number of nitrogens with zero attached hydrogens (tertiary/aromatic N) is 1. The van der Waals surface area contributed by atoms with Crippen molar-refractivity contribution in [2.45, 2.75) is 97.9 Å². The number of unbranched alkanes of at least 4 members (excludes halogenated alkanes) is 5. The summed E-state index contributed by atoms with van der Waals surface area (Å²) in [7, 11) is 0. The van der Waals surface area contributed by atoms with Gasteiger partial charge in [-0.3, -0.25) is 14.5 Å². The number of carbonyl (C=O) groups excluding carboxylic acids is 2. The van der Waals surface area contributed by atoms with Crippen LogP contribution in [0.25, 0.3) is 0 Å². The normalized spacial score (nSPS) is 13.8. The Hall–Kier alpha value is -0.860. The molecule has 0 bridgehead atoms. The molecular weight excluding hydrogens is 250 g/mol. The van der Waals surface area contributed by atoms with Crippen molar-refractivity contribution in [2.75, 3.05) is 0 Å². The molecular formula is C17H33NO2. The molecule has 118 valence electrons. The third-order valence-electron chi connectivity index (χ3n) is 4.06. The third kappa shape index (κ3) is 6.53. The van der Waals surface area contributed by atoms with E-state index < -0.39 is 0 Å². The fraction of sp³-hybridized carbons (Fsp3) is 0.882. The molecule has 1 unspecified atom stereocenters. The predicted molar refractivity (Wildman–Crippen MR) is 84.5 cm³/mol. The number of hydrogen-bond acceptors (Lipinski definition) is 2. The molecule has 0 saturated carbocycles. The Morgan fingerprint density at radius 1 is 0.800 bits per heavy atom. The van der Waals surface area contributed by atoms with Gasteiger partial charge in [-0.2, -0.15) is 0 Å². The number of amides is 2. The lowest BCUT2D eigenvalue weighted by Gasteiger charge is -2.39. The van der Waals surface area contributed by atoms with Crippen LogP contribution < -0.4 is 0 Å². The smallest absolute Gasteiger partial charge is 0.226 e. The van der Waals surface area contributed by atoms with Gasteiger partial charge in [0.25, 0.3) is 0 Å². The molecule has 0 aliphatic rings. The van der Waals surface area contributed by atoms with E-state index in [2.05, 4.69) is 20.8 Å². The topological polar surface area (TPSA) is 37.4 Å². The first kappa shape index (κ1) is 19.1. The standard InChI is InChI=1S/C17H33NO2/c1-6-8-10-12-14-17(5,13-11-9-7-2)18(15(3)19)16(4)20/h6-14H2,1-5H3. The van der Waals surface area contributed by atoms with E-state index >= 15 is 0 Å². The Labute approximate surface area is 125 Å². The lowest BCUT2D eigenvalue weighted by Crippen LogP contribution is -2.51. The molecule has 2 amide bonds. The Morgan fingerprint density at radius 3 is 1.60 bits per heavy atom. The lowest BCUT2D eigenvalue weighted by atomic mass is 9.86. The first-order chi connectivity index (χ1) is 9.39.